The lowest BCUT2D eigenvalue weighted by molar-refractivity contribution is 1.07. The van der Waals surface area contributed by atoms with Crippen molar-refractivity contribution in [3.8, 4) is 45.3 Å². The second-order valence-corrected chi connectivity index (χ2v) is 12.6. The van der Waals surface area contributed by atoms with E-state index in [9.17, 15) is 0 Å². The molecule has 0 unspecified atom stereocenters. The molecule has 3 heterocycles. The van der Waals surface area contributed by atoms with Crippen LogP contribution in [0, 0.1) is 0 Å². The summed E-state index contributed by atoms with van der Waals surface area (Å²) in [6.45, 7) is 0. The van der Waals surface area contributed by atoms with E-state index in [2.05, 4.69) is 77.8 Å². The third kappa shape index (κ3) is 4.21. The summed E-state index contributed by atoms with van der Waals surface area (Å²) in [6.07, 6.45) is 0. The maximum Gasteiger partial charge on any atom is 0.164 e. The first kappa shape index (κ1) is 20.6. The van der Waals surface area contributed by atoms with Crippen LogP contribution in [0.25, 0.3) is 85.6 Å². The maximum atomic E-state index is 8.58. The Morgan fingerprint density at radius 1 is 0.432 bits per heavy atom. The molecule has 6 aromatic carbocycles. The van der Waals surface area contributed by atoms with Gasteiger partial charge < -0.3 is 0 Å². The SMILES string of the molecule is [2H]c1c([2H])c([2H])c(-c2nc(-c3ccccc3)nc(-c3ccc4sc5cc(-c6cccc7c6sc6ccccc67)ccc5c4c3)n2)c([2H])c1[2H]. The summed E-state index contributed by atoms with van der Waals surface area (Å²) < 4.78 is 46.5. The lowest BCUT2D eigenvalue weighted by Gasteiger charge is -2.08. The topological polar surface area (TPSA) is 38.7 Å². The molecule has 0 amide bonds. The van der Waals surface area contributed by atoms with Gasteiger partial charge in [0.05, 0.1) is 6.85 Å². The Hall–Kier alpha value is -5.23. The smallest absolute Gasteiger partial charge is 0.164 e. The summed E-state index contributed by atoms with van der Waals surface area (Å²) in [5, 5.41) is 4.74. The van der Waals surface area contributed by atoms with Gasteiger partial charge in [-0.3, -0.25) is 0 Å². The highest BCUT2D eigenvalue weighted by Gasteiger charge is 2.15. The minimum atomic E-state index is -0.463. The highest BCUT2D eigenvalue weighted by Crippen LogP contribution is 2.42. The Balaban J connectivity index is 1.20. The van der Waals surface area contributed by atoms with Gasteiger partial charge in [0.2, 0.25) is 0 Å². The minimum absolute atomic E-state index is 0.0242. The molecule has 9 aromatic rings. The van der Waals surface area contributed by atoms with Crippen molar-refractivity contribution in [1.29, 1.82) is 0 Å². The molecule has 0 atom stereocenters. The minimum Gasteiger partial charge on any atom is -0.208 e. The monoisotopic (exact) mass is 602 g/mol. The Labute approximate surface area is 268 Å². The van der Waals surface area contributed by atoms with Crippen molar-refractivity contribution in [3.63, 3.8) is 0 Å². The van der Waals surface area contributed by atoms with Gasteiger partial charge >= 0.3 is 0 Å². The van der Waals surface area contributed by atoms with E-state index in [1.54, 1.807) is 11.3 Å². The third-order valence-corrected chi connectivity index (χ3v) is 10.2. The van der Waals surface area contributed by atoms with Crippen molar-refractivity contribution in [3.05, 3.63) is 139 Å². The zero-order valence-electron chi connectivity index (χ0n) is 28.1. The lowest BCUT2D eigenvalue weighted by atomic mass is 10.0. The molecule has 0 aliphatic heterocycles. The fourth-order valence-electron chi connectivity index (χ4n) is 5.75. The van der Waals surface area contributed by atoms with Crippen LogP contribution < -0.4 is 0 Å². The fourth-order valence-corrected chi connectivity index (χ4v) is 8.12. The number of benzene rings is 6. The molecule has 206 valence electrons. The zero-order chi connectivity index (χ0) is 33.4. The number of thiophene rings is 2. The number of hydrogen-bond donors (Lipinski definition) is 0. The van der Waals surface area contributed by atoms with Crippen molar-refractivity contribution in [2.75, 3.05) is 0 Å². The summed E-state index contributed by atoms with van der Waals surface area (Å²) in [6, 6.07) is 35.2. The highest BCUT2D eigenvalue weighted by atomic mass is 32.1. The van der Waals surface area contributed by atoms with Crippen LogP contribution in [0.1, 0.15) is 6.85 Å². The van der Waals surface area contributed by atoms with Crippen LogP contribution in [0.5, 0.6) is 0 Å². The summed E-state index contributed by atoms with van der Waals surface area (Å²) in [5.74, 6) is 0.726. The molecule has 0 fully saturated rings. The lowest BCUT2D eigenvalue weighted by Crippen LogP contribution is -2.00. The molecule has 0 aliphatic carbocycles. The predicted molar refractivity (Wildman–Crippen MR) is 187 cm³/mol. The number of hydrogen-bond acceptors (Lipinski definition) is 5. The highest BCUT2D eigenvalue weighted by molar-refractivity contribution is 7.26. The Morgan fingerprint density at radius 3 is 1.98 bits per heavy atom. The molecule has 3 aromatic heterocycles. The molecule has 0 radical (unpaired) electrons. The van der Waals surface area contributed by atoms with Crippen LogP contribution in [0.15, 0.2) is 139 Å². The van der Waals surface area contributed by atoms with E-state index in [-0.39, 0.29) is 23.5 Å². The maximum absolute atomic E-state index is 8.58. The van der Waals surface area contributed by atoms with Gasteiger partial charge in [0.1, 0.15) is 0 Å². The van der Waals surface area contributed by atoms with Crippen LogP contribution >= 0.6 is 22.7 Å². The average Bonchev–Trinajstić information content (AvgIpc) is 3.71. The van der Waals surface area contributed by atoms with Gasteiger partial charge in [0.25, 0.3) is 0 Å². The van der Waals surface area contributed by atoms with Gasteiger partial charge in [-0.2, -0.15) is 0 Å². The van der Waals surface area contributed by atoms with Crippen molar-refractivity contribution in [2.45, 2.75) is 0 Å². The molecule has 0 bridgehead atoms. The van der Waals surface area contributed by atoms with Gasteiger partial charge in [0.15, 0.2) is 17.5 Å². The summed E-state index contributed by atoms with van der Waals surface area (Å²) in [7, 11) is 0. The van der Waals surface area contributed by atoms with Crippen LogP contribution in [0.4, 0.5) is 0 Å². The fraction of sp³-hybridized carbons (Fsp3) is 0. The van der Waals surface area contributed by atoms with Crippen molar-refractivity contribution in [1.82, 2.24) is 15.0 Å². The average molecular weight is 603 g/mol. The van der Waals surface area contributed by atoms with Crippen LogP contribution in [-0.4, -0.2) is 15.0 Å². The van der Waals surface area contributed by atoms with E-state index in [0.29, 0.717) is 11.6 Å². The van der Waals surface area contributed by atoms with E-state index in [1.165, 1.54) is 36.0 Å². The van der Waals surface area contributed by atoms with Gasteiger partial charge in [-0.25, -0.2) is 15.0 Å². The van der Waals surface area contributed by atoms with Crippen LogP contribution in [0.2, 0.25) is 0 Å². The normalized spacial score (nSPS) is 13.2. The molecule has 3 nitrogen and oxygen atoms in total. The Morgan fingerprint density at radius 2 is 1.11 bits per heavy atom. The Kier molecular flexibility index (Phi) is 4.78. The first-order valence-corrected chi connectivity index (χ1v) is 15.7. The van der Waals surface area contributed by atoms with Gasteiger partial charge in [0, 0.05) is 57.0 Å². The van der Waals surface area contributed by atoms with Gasteiger partial charge in [-0.05, 0) is 41.5 Å². The molecule has 44 heavy (non-hydrogen) atoms. The third-order valence-electron chi connectivity index (χ3n) is 7.84. The quantitative estimate of drug-likeness (QED) is 0.201. The zero-order valence-corrected chi connectivity index (χ0v) is 24.7. The van der Waals surface area contributed by atoms with E-state index in [1.807, 2.05) is 47.7 Å². The molecule has 9 rings (SSSR count). The summed E-state index contributed by atoms with van der Waals surface area (Å²) in [5.41, 5.74) is 3.79. The first-order valence-electron chi connectivity index (χ1n) is 16.6. The summed E-state index contributed by atoms with van der Waals surface area (Å²) in [4.78, 5) is 14.2. The largest absolute Gasteiger partial charge is 0.208 e. The second-order valence-electron chi connectivity index (χ2n) is 10.5. The molecule has 0 saturated carbocycles. The van der Waals surface area contributed by atoms with Crippen molar-refractivity contribution < 1.29 is 6.85 Å². The second kappa shape index (κ2) is 10.2. The molecular formula is C39H23N3S2. The van der Waals surface area contributed by atoms with E-state index in [0.717, 1.165) is 26.6 Å². The van der Waals surface area contributed by atoms with Gasteiger partial charge in [-0.1, -0.05) is 109 Å². The van der Waals surface area contributed by atoms with E-state index >= 15 is 0 Å². The number of fused-ring (bicyclic) bond motifs is 6. The van der Waals surface area contributed by atoms with E-state index in [4.69, 9.17) is 16.8 Å². The number of rotatable bonds is 4. The molecule has 5 heteroatoms. The molecule has 0 saturated heterocycles. The number of nitrogens with zero attached hydrogens (tertiary/aromatic N) is 3. The first-order chi connectivity index (χ1) is 23.9. The molecule has 0 N–H and O–H groups in total. The van der Waals surface area contributed by atoms with Crippen molar-refractivity contribution in [2.24, 2.45) is 0 Å². The summed E-state index contributed by atoms with van der Waals surface area (Å²) >= 11 is 3.56. The Bertz CT molecular complexity index is 2760. The predicted octanol–water partition coefficient (Wildman–Crippen LogP) is 11.3. The van der Waals surface area contributed by atoms with Crippen molar-refractivity contribution >= 4 is 63.0 Å². The van der Waals surface area contributed by atoms with Crippen LogP contribution in [0.3, 0.4) is 0 Å². The van der Waals surface area contributed by atoms with Crippen LogP contribution in [-0.2, 0) is 0 Å². The molecular weight excluding hydrogens is 575 g/mol. The molecule has 0 aliphatic rings. The van der Waals surface area contributed by atoms with E-state index < -0.39 is 18.1 Å². The number of aromatic nitrogens is 3. The standard InChI is InChI=1S/C39H23N3S2/c1-3-10-24(11-4-1)37-40-38(25-12-5-2-6-13-25)42-39(41-37)27-19-21-34-32(22-27)30-20-18-26(23-35(30)43-34)28-15-9-16-31-29-14-7-8-17-33(29)44-36(28)31/h1-23H/i1D,3D,4D,10D,11D. The van der Waals surface area contributed by atoms with Gasteiger partial charge in [-0.15, -0.1) is 22.7 Å². The molecule has 0 spiro atoms.